The molecule has 1 amide bonds. The number of rotatable bonds is 6. The van der Waals surface area contributed by atoms with Gasteiger partial charge in [0, 0.05) is 20.1 Å². The van der Waals surface area contributed by atoms with Crippen LogP contribution >= 0.6 is 0 Å². The summed E-state index contributed by atoms with van der Waals surface area (Å²) in [5, 5.41) is 3.09. The quantitative estimate of drug-likeness (QED) is 0.854. The summed E-state index contributed by atoms with van der Waals surface area (Å²) in [4.78, 5) is 14.2. The molecule has 106 valence electrons. The number of aryl methyl sites for hydroxylation is 2. The van der Waals surface area contributed by atoms with E-state index in [1.807, 2.05) is 19.0 Å². The van der Waals surface area contributed by atoms with Gasteiger partial charge in [0.25, 0.3) is 0 Å². The van der Waals surface area contributed by atoms with Crippen molar-refractivity contribution in [3.8, 4) is 0 Å². The van der Waals surface area contributed by atoms with Gasteiger partial charge in [0.05, 0.1) is 5.92 Å². The molecule has 3 nitrogen and oxygen atoms in total. The van der Waals surface area contributed by atoms with Crippen molar-refractivity contribution < 1.29 is 4.79 Å². The number of carbonyl (C=O) groups is 1. The predicted octanol–water partition coefficient (Wildman–Crippen LogP) is 2.51. The molecule has 0 spiro atoms. The lowest BCUT2D eigenvalue weighted by Crippen LogP contribution is -2.36. The zero-order chi connectivity index (χ0) is 14.4. The number of amides is 1. The van der Waals surface area contributed by atoms with Gasteiger partial charge in [-0.2, -0.15) is 0 Å². The maximum Gasteiger partial charge on any atom is 0.226 e. The molecular formula is C16H26N2O. The Morgan fingerprint density at radius 3 is 2.63 bits per heavy atom. The van der Waals surface area contributed by atoms with E-state index in [2.05, 4.69) is 44.3 Å². The summed E-state index contributed by atoms with van der Waals surface area (Å²) < 4.78 is 0. The molecule has 0 fully saturated rings. The Morgan fingerprint density at radius 1 is 1.37 bits per heavy atom. The minimum atomic E-state index is 0.0696. The standard InChI is InChI=1S/C16H26N2O/c1-6-14(10-17-4)16(19)18(5)11-15-9-12(2)7-8-13(15)3/h7-9,14,17H,6,10-11H2,1-5H3. The third-order valence-electron chi connectivity index (χ3n) is 3.58. The molecule has 1 unspecified atom stereocenters. The summed E-state index contributed by atoms with van der Waals surface area (Å²) in [6.07, 6.45) is 0.872. The Labute approximate surface area is 117 Å². The monoisotopic (exact) mass is 262 g/mol. The fourth-order valence-electron chi connectivity index (χ4n) is 2.27. The first-order valence-corrected chi connectivity index (χ1v) is 6.95. The highest BCUT2D eigenvalue weighted by Crippen LogP contribution is 2.15. The van der Waals surface area contributed by atoms with Crippen LogP contribution in [-0.4, -0.2) is 31.4 Å². The number of benzene rings is 1. The van der Waals surface area contributed by atoms with Crippen LogP contribution in [0.1, 0.15) is 30.0 Å². The van der Waals surface area contributed by atoms with Gasteiger partial charge in [-0.05, 0) is 38.4 Å². The highest BCUT2D eigenvalue weighted by atomic mass is 16.2. The molecule has 1 rings (SSSR count). The predicted molar refractivity (Wildman–Crippen MR) is 80.1 cm³/mol. The second kappa shape index (κ2) is 7.29. The van der Waals surface area contributed by atoms with E-state index in [9.17, 15) is 4.79 Å². The van der Waals surface area contributed by atoms with Gasteiger partial charge in [0.15, 0.2) is 0 Å². The molecule has 1 N–H and O–H groups in total. The fraction of sp³-hybridized carbons (Fsp3) is 0.562. The first-order valence-electron chi connectivity index (χ1n) is 6.95. The van der Waals surface area contributed by atoms with Gasteiger partial charge in [0.1, 0.15) is 0 Å². The van der Waals surface area contributed by atoms with E-state index in [1.165, 1.54) is 16.7 Å². The summed E-state index contributed by atoms with van der Waals surface area (Å²) >= 11 is 0. The van der Waals surface area contributed by atoms with Crippen LogP contribution in [0.15, 0.2) is 18.2 Å². The van der Waals surface area contributed by atoms with Crippen LogP contribution in [0.4, 0.5) is 0 Å². The van der Waals surface area contributed by atoms with Crippen LogP contribution < -0.4 is 5.32 Å². The molecule has 19 heavy (non-hydrogen) atoms. The normalized spacial score (nSPS) is 12.3. The zero-order valence-electron chi connectivity index (χ0n) is 12.8. The van der Waals surface area contributed by atoms with Crippen LogP contribution in [0.25, 0.3) is 0 Å². The second-order valence-corrected chi connectivity index (χ2v) is 5.29. The van der Waals surface area contributed by atoms with Crippen molar-refractivity contribution in [2.45, 2.75) is 33.7 Å². The van der Waals surface area contributed by atoms with Crippen molar-refractivity contribution in [3.05, 3.63) is 34.9 Å². The van der Waals surface area contributed by atoms with Gasteiger partial charge in [-0.3, -0.25) is 4.79 Å². The molecule has 0 radical (unpaired) electrons. The van der Waals surface area contributed by atoms with E-state index in [0.717, 1.165) is 13.0 Å². The lowest BCUT2D eigenvalue weighted by Gasteiger charge is -2.24. The molecule has 0 saturated carbocycles. The van der Waals surface area contributed by atoms with Crippen molar-refractivity contribution in [1.82, 2.24) is 10.2 Å². The Bertz CT molecular complexity index is 429. The van der Waals surface area contributed by atoms with Crippen LogP contribution in [0.2, 0.25) is 0 Å². The highest BCUT2D eigenvalue weighted by Gasteiger charge is 2.20. The Kier molecular flexibility index (Phi) is 6.03. The third kappa shape index (κ3) is 4.35. The van der Waals surface area contributed by atoms with E-state index >= 15 is 0 Å². The maximum atomic E-state index is 12.4. The van der Waals surface area contributed by atoms with Gasteiger partial charge >= 0.3 is 0 Å². The number of nitrogens with one attached hydrogen (secondary N) is 1. The van der Waals surface area contributed by atoms with Gasteiger partial charge in [-0.15, -0.1) is 0 Å². The SMILES string of the molecule is CCC(CNC)C(=O)N(C)Cc1cc(C)ccc1C. The van der Waals surface area contributed by atoms with E-state index in [-0.39, 0.29) is 11.8 Å². The van der Waals surface area contributed by atoms with E-state index < -0.39 is 0 Å². The summed E-state index contributed by atoms with van der Waals surface area (Å²) in [5.41, 5.74) is 3.71. The van der Waals surface area contributed by atoms with Crippen molar-refractivity contribution >= 4 is 5.91 Å². The molecule has 1 atom stereocenters. The third-order valence-corrected chi connectivity index (χ3v) is 3.58. The topological polar surface area (TPSA) is 32.3 Å². The van der Waals surface area contributed by atoms with Crippen LogP contribution in [-0.2, 0) is 11.3 Å². The first kappa shape index (κ1) is 15.7. The molecule has 0 aliphatic heterocycles. The average molecular weight is 262 g/mol. The molecule has 0 heterocycles. The lowest BCUT2D eigenvalue weighted by molar-refractivity contribution is -0.134. The van der Waals surface area contributed by atoms with Crippen LogP contribution in [0.3, 0.4) is 0 Å². The van der Waals surface area contributed by atoms with Gasteiger partial charge in [0.2, 0.25) is 5.91 Å². The van der Waals surface area contributed by atoms with E-state index in [0.29, 0.717) is 6.54 Å². The molecule has 0 saturated heterocycles. The summed E-state index contributed by atoms with van der Waals surface area (Å²) in [6.45, 7) is 7.67. The molecule has 1 aromatic rings. The van der Waals surface area contributed by atoms with Gasteiger partial charge < -0.3 is 10.2 Å². The molecule has 3 heteroatoms. The average Bonchev–Trinajstić information content (AvgIpc) is 2.39. The summed E-state index contributed by atoms with van der Waals surface area (Å²) in [7, 11) is 3.78. The molecule has 0 aliphatic rings. The number of hydrogen-bond donors (Lipinski definition) is 1. The first-order chi connectivity index (χ1) is 8.99. The number of hydrogen-bond acceptors (Lipinski definition) is 2. The Hall–Kier alpha value is -1.35. The number of carbonyl (C=O) groups excluding carboxylic acids is 1. The molecule has 1 aromatic carbocycles. The van der Waals surface area contributed by atoms with Crippen molar-refractivity contribution in [2.75, 3.05) is 20.6 Å². The minimum Gasteiger partial charge on any atom is -0.341 e. The maximum absolute atomic E-state index is 12.4. The largest absolute Gasteiger partial charge is 0.341 e. The van der Waals surface area contributed by atoms with Crippen molar-refractivity contribution in [1.29, 1.82) is 0 Å². The Morgan fingerprint density at radius 2 is 2.05 bits per heavy atom. The smallest absolute Gasteiger partial charge is 0.226 e. The second-order valence-electron chi connectivity index (χ2n) is 5.29. The molecule has 0 aromatic heterocycles. The summed E-state index contributed by atoms with van der Waals surface area (Å²) in [5.74, 6) is 0.290. The minimum absolute atomic E-state index is 0.0696. The van der Waals surface area contributed by atoms with Crippen LogP contribution in [0.5, 0.6) is 0 Å². The zero-order valence-corrected chi connectivity index (χ0v) is 12.8. The van der Waals surface area contributed by atoms with E-state index in [1.54, 1.807) is 0 Å². The van der Waals surface area contributed by atoms with Crippen molar-refractivity contribution in [2.24, 2.45) is 5.92 Å². The van der Waals surface area contributed by atoms with Crippen LogP contribution in [0, 0.1) is 19.8 Å². The molecule has 0 aliphatic carbocycles. The van der Waals surface area contributed by atoms with E-state index in [4.69, 9.17) is 0 Å². The summed E-state index contributed by atoms with van der Waals surface area (Å²) in [6, 6.07) is 6.39. The fourth-order valence-corrected chi connectivity index (χ4v) is 2.27. The number of nitrogens with zero attached hydrogens (tertiary/aromatic N) is 1. The lowest BCUT2D eigenvalue weighted by atomic mass is 10.0. The van der Waals surface area contributed by atoms with Crippen molar-refractivity contribution in [3.63, 3.8) is 0 Å². The highest BCUT2D eigenvalue weighted by molar-refractivity contribution is 5.78. The van der Waals surface area contributed by atoms with Gasteiger partial charge in [-0.1, -0.05) is 30.7 Å². The molecular weight excluding hydrogens is 236 g/mol. The molecule has 0 bridgehead atoms. The Balaban J connectivity index is 2.75. The van der Waals surface area contributed by atoms with Gasteiger partial charge in [-0.25, -0.2) is 0 Å².